The van der Waals surface area contributed by atoms with Crippen LogP contribution >= 0.6 is 0 Å². The molecule has 1 aliphatic rings. The van der Waals surface area contributed by atoms with Crippen molar-refractivity contribution < 1.29 is 9.47 Å². The Kier molecular flexibility index (Phi) is 5.19. The molecule has 2 atom stereocenters. The van der Waals surface area contributed by atoms with Crippen LogP contribution in [-0.2, 0) is 0 Å². The van der Waals surface area contributed by atoms with Crippen LogP contribution < -0.4 is 9.47 Å². The van der Waals surface area contributed by atoms with E-state index in [4.69, 9.17) is 9.47 Å². The van der Waals surface area contributed by atoms with Crippen LogP contribution in [0.3, 0.4) is 0 Å². The molecule has 0 saturated carbocycles. The number of piperidine rings is 1. The van der Waals surface area contributed by atoms with Crippen molar-refractivity contribution in [2.24, 2.45) is 0 Å². The van der Waals surface area contributed by atoms with Crippen molar-refractivity contribution in [2.75, 3.05) is 27.3 Å². The van der Waals surface area contributed by atoms with Crippen molar-refractivity contribution >= 4 is 0 Å². The predicted octanol–water partition coefficient (Wildman–Crippen LogP) is 3.95. The second-order valence-corrected chi connectivity index (χ2v) is 6.25. The van der Waals surface area contributed by atoms with Gasteiger partial charge in [-0.3, -0.25) is 4.90 Å². The third-order valence-electron chi connectivity index (χ3n) is 4.78. The molecule has 23 heavy (non-hydrogen) atoms. The van der Waals surface area contributed by atoms with Gasteiger partial charge in [0.1, 0.15) is 18.1 Å². The van der Waals surface area contributed by atoms with Crippen molar-refractivity contribution in [3.8, 4) is 11.5 Å². The number of likely N-dealkylation sites (tertiary alicyclic amines) is 1. The number of likely N-dealkylation sites (N-methyl/N-ethyl adjacent to an activating group) is 1. The molecule has 0 spiro atoms. The zero-order valence-corrected chi connectivity index (χ0v) is 13.9. The first-order valence-corrected chi connectivity index (χ1v) is 8.28. The maximum absolute atomic E-state index is 6.00. The minimum absolute atomic E-state index is 0.455. The Bertz CT molecular complexity index is 597. The van der Waals surface area contributed by atoms with Gasteiger partial charge in [-0.05, 0) is 62.2 Å². The lowest BCUT2D eigenvalue weighted by Gasteiger charge is -2.37. The van der Waals surface area contributed by atoms with E-state index < -0.39 is 0 Å². The van der Waals surface area contributed by atoms with Gasteiger partial charge in [0.25, 0.3) is 0 Å². The van der Waals surface area contributed by atoms with Gasteiger partial charge >= 0.3 is 0 Å². The smallest absolute Gasteiger partial charge is 0.119 e. The molecule has 0 aromatic heterocycles. The molecule has 0 amide bonds. The molecule has 1 fully saturated rings. The molecule has 2 aromatic rings. The van der Waals surface area contributed by atoms with Crippen LogP contribution in [-0.4, -0.2) is 38.3 Å². The molecule has 3 nitrogen and oxygen atoms in total. The van der Waals surface area contributed by atoms with Crippen LogP contribution in [0.15, 0.2) is 54.6 Å². The van der Waals surface area contributed by atoms with Gasteiger partial charge in [-0.15, -0.1) is 0 Å². The number of nitrogens with zero attached hydrogens (tertiary/aromatic N) is 1. The maximum Gasteiger partial charge on any atom is 0.119 e. The standard InChI is InChI=1S/C20H25NO2/c1-21-13-12-17(16-6-4-3-5-7-16)14-18(21)15-23-20-10-8-19(22-2)9-11-20/h3-11,17-18H,12-15H2,1-2H3. The molecule has 3 rings (SSSR count). The summed E-state index contributed by atoms with van der Waals surface area (Å²) in [7, 11) is 3.87. The highest BCUT2D eigenvalue weighted by atomic mass is 16.5. The Morgan fingerprint density at radius 3 is 2.39 bits per heavy atom. The van der Waals surface area contributed by atoms with Crippen molar-refractivity contribution in [3.63, 3.8) is 0 Å². The summed E-state index contributed by atoms with van der Waals surface area (Å²) in [6.45, 7) is 1.85. The maximum atomic E-state index is 6.00. The Morgan fingerprint density at radius 1 is 1.00 bits per heavy atom. The number of rotatable bonds is 5. The summed E-state index contributed by atoms with van der Waals surface area (Å²) in [4.78, 5) is 2.42. The second-order valence-electron chi connectivity index (χ2n) is 6.25. The molecule has 1 heterocycles. The van der Waals surface area contributed by atoms with Gasteiger partial charge in [0, 0.05) is 6.04 Å². The monoisotopic (exact) mass is 311 g/mol. The summed E-state index contributed by atoms with van der Waals surface area (Å²) in [6, 6.07) is 19.1. The van der Waals surface area contributed by atoms with Crippen LogP contribution in [0.5, 0.6) is 11.5 Å². The molecule has 0 bridgehead atoms. The fourth-order valence-corrected chi connectivity index (χ4v) is 3.26. The second kappa shape index (κ2) is 7.51. The summed E-state index contributed by atoms with van der Waals surface area (Å²) in [5, 5.41) is 0. The van der Waals surface area contributed by atoms with Crippen LogP contribution in [0.1, 0.15) is 24.3 Å². The average Bonchev–Trinajstić information content (AvgIpc) is 2.62. The fraction of sp³-hybridized carbons (Fsp3) is 0.400. The molecule has 3 heteroatoms. The number of benzene rings is 2. The highest BCUT2D eigenvalue weighted by Gasteiger charge is 2.27. The predicted molar refractivity (Wildman–Crippen MR) is 93.3 cm³/mol. The van der Waals surface area contributed by atoms with E-state index >= 15 is 0 Å². The molecule has 122 valence electrons. The minimum atomic E-state index is 0.455. The lowest BCUT2D eigenvalue weighted by atomic mass is 9.86. The fourth-order valence-electron chi connectivity index (χ4n) is 3.26. The molecule has 0 aliphatic carbocycles. The highest BCUT2D eigenvalue weighted by molar-refractivity contribution is 5.31. The molecule has 0 radical (unpaired) electrons. The third-order valence-corrected chi connectivity index (χ3v) is 4.78. The highest BCUT2D eigenvalue weighted by Crippen LogP contribution is 2.31. The number of ether oxygens (including phenoxy) is 2. The van der Waals surface area contributed by atoms with E-state index in [0.29, 0.717) is 12.0 Å². The Hall–Kier alpha value is -2.00. The lowest BCUT2D eigenvalue weighted by Crippen LogP contribution is -2.42. The Balaban J connectivity index is 1.59. The van der Waals surface area contributed by atoms with E-state index in [1.54, 1.807) is 7.11 Å². The summed E-state index contributed by atoms with van der Waals surface area (Å²) >= 11 is 0. The van der Waals surface area contributed by atoms with E-state index in [0.717, 1.165) is 31.1 Å². The van der Waals surface area contributed by atoms with Crippen molar-refractivity contribution in [1.29, 1.82) is 0 Å². The minimum Gasteiger partial charge on any atom is -0.497 e. The van der Waals surface area contributed by atoms with Crippen LogP contribution in [0.4, 0.5) is 0 Å². The van der Waals surface area contributed by atoms with Crippen molar-refractivity contribution in [3.05, 3.63) is 60.2 Å². The van der Waals surface area contributed by atoms with Gasteiger partial charge in [-0.1, -0.05) is 30.3 Å². The molecule has 1 saturated heterocycles. The van der Waals surface area contributed by atoms with E-state index in [2.05, 4.69) is 42.3 Å². The van der Waals surface area contributed by atoms with Gasteiger partial charge in [0.2, 0.25) is 0 Å². The number of methoxy groups -OCH3 is 1. The third kappa shape index (κ3) is 4.05. The zero-order valence-electron chi connectivity index (χ0n) is 13.9. The molecule has 2 aromatic carbocycles. The summed E-state index contributed by atoms with van der Waals surface area (Å²) in [6.07, 6.45) is 2.37. The van der Waals surface area contributed by atoms with Crippen molar-refractivity contribution in [1.82, 2.24) is 4.90 Å². The van der Waals surface area contributed by atoms with Crippen LogP contribution in [0.2, 0.25) is 0 Å². The SMILES string of the molecule is COc1ccc(OCC2CC(c3ccccc3)CCN2C)cc1. The first-order valence-electron chi connectivity index (χ1n) is 8.28. The van der Waals surface area contributed by atoms with E-state index in [-0.39, 0.29) is 0 Å². The Morgan fingerprint density at radius 2 is 1.70 bits per heavy atom. The molecule has 2 unspecified atom stereocenters. The molecule has 0 N–H and O–H groups in total. The molecular formula is C20H25NO2. The number of hydrogen-bond acceptors (Lipinski definition) is 3. The summed E-state index contributed by atoms with van der Waals surface area (Å²) in [5.41, 5.74) is 1.45. The lowest BCUT2D eigenvalue weighted by molar-refractivity contribution is 0.114. The van der Waals surface area contributed by atoms with Gasteiger partial charge < -0.3 is 9.47 Å². The van der Waals surface area contributed by atoms with E-state index in [9.17, 15) is 0 Å². The zero-order chi connectivity index (χ0) is 16.1. The van der Waals surface area contributed by atoms with E-state index in [1.807, 2.05) is 24.3 Å². The first-order chi connectivity index (χ1) is 11.3. The molecule has 1 aliphatic heterocycles. The molecular weight excluding hydrogens is 286 g/mol. The van der Waals surface area contributed by atoms with Gasteiger partial charge in [-0.2, -0.15) is 0 Å². The number of hydrogen-bond donors (Lipinski definition) is 0. The summed E-state index contributed by atoms with van der Waals surface area (Å²) < 4.78 is 11.2. The van der Waals surface area contributed by atoms with Gasteiger partial charge in [0.15, 0.2) is 0 Å². The largest absolute Gasteiger partial charge is 0.497 e. The van der Waals surface area contributed by atoms with Crippen molar-refractivity contribution in [2.45, 2.75) is 24.8 Å². The van der Waals surface area contributed by atoms with Crippen LogP contribution in [0.25, 0.3) is 0 Å². The average molecular weight is 311 g/mol. The van der Waals surface area contributed by atoms with Gasteiger partial charge in [-0.25, -0.2) is 0 Å². The van der Waals surface area contributed by atoms with E-state index in [1.165, 1.54) is 12.0 Å². The Labute approximate surface area is 138 Å². The van der Waals surface area contributed by atoms with Gasteiger partial charge in [0.05, 0.1) is 7.11 Å². The normalized spacial score (nSPS) is 21.8. The quantitative estimate of drug-likeness (QED) is 0.834. The topological polar surface area (TPSA) is 21.7 Å². The van der Waals surface area contributed by atoms with Crippen LogP contribution in [0, 0.1) is 0 Å². The summed E-state index contributed by atoms with van der Waals surface area (Å²) in [5.74, 6) is 2.40. The first kappa shape index (κ1) is 15.9.